The molecule has 1 saturated carbocycles. The Morgan fingerprint density at radius 3 is 2.55 bits per heavy atom. The Morgan fingerprint density at radius 2 is 1.87 bits per heavy atom. The van der Waals surface area contributed by atoms with Crippen LogP contribution in [0.15, 0.2) is 46.9 Å². The quantitative estimate of drug-likeness (QED) is 0.516. The van der Waals surface area contributed by atoms with E-state index in [2.05, 4.69) is 10.2 Å². The molecule has 1 fully saturated rings. The average Bonchev–Trinajstić information content (AvgIpc) is 3.53. The fourth-order valence-electron chi connectivity index (χ4n) is 3.52. The molecule has 2 aromatic carbocycles. The van der Waals surface area contributed by atoms with Crippen LogP contribution in [0.4, 0.5) is 0 Å². The summed E-state index contributed by atoms with van der Waals surface area (Å²) in [5, 5.41) is 8.24. The normalized spacial score (nSPS) is 13.1. The predicted octanol–water partition coefficient (Wildman–Crippen LogP) is 4.19. The van der Waals surface area contributed by atoms with Gasteiger partial charge in [-0.1, -0.05) is 17.7 Å². The molecule has 1 aliphatic rings. The second-order valence-electron chi connectivity index (χ2n) is 7.80. The van der Waals surface area contributed by atoms with Crippen LogP contribution in [0.3, 0.4) is 0 Å². The number of benzene rings is 2. The smallest absolute Gasteiger partial charge is 0.247 e. The number of hydrogen-bond acceptors (Lipinski definition) is 6. The SMILES string of the molecule is COc1ccc(OC)c(CN(C(=O)CCc2nnc(-c3ccc(C)cc3)o2)C2CC2)c1. The van der Waals surface area contributed by atoms with Crippen LogP contribution in [0.25, 0.3) is 11.5 Å². The van der Waals surface area contributed by atoms with Gasteiger partial charge >= 0.3 is 0 Å². The van der Waals surface area contributed by atoms with Gasteiger partial charge < -0.3 is 18.8 Å². The Bertz CT molecular complexity index is 1040. The lowest BCUT2D eigenvalue weighted by Gasteiger charge is -2.23. The van der Waals surface area contributed by atoms with Gasteiger partial charge in [0, 0.05) is 36.6 Å². The number of amides is 1. The largest absolute Gasteiger partial charge is 0.497 e. The van der Waals surface area contributed by atoms with Gasteiger partial charge in [-0.15, -0.1) is 10.2 Å². The lowest BCUT2D eigenvalue weighted by atomic mass is 10.1. The molecule has 1 aromatic heterocycles. The number of nitrogens with zero attached hydrogens (tertiary/aromatic N) is 3. The van der Waals surface area contributed by atoms with Crippen LogP contribution in [0, 0.1) is 6.92 Å². The van der Waals surface area contributed by atoms with Crippen molar-refractivity contribution in [1.29, 1.82) is 0 Å². The number of aromatic nitrogens is 2. The Morgan fingerprint density at radius 1 is 1.10 bits per heavy atom. The fraction of sp³-hybridized carbons (Fsp3) is 0.375. The van der Waals surface area contributed by atoms with Crippen molar-refractivity contribution in [1.82, 2.24) is 15.1 Å². The molecule has 31 heavy (non-hydrogen) atoms. The zero-order valence-corrected chi connectivity index (χ0v) is 18.1. The van der Waals surface area contributed by atoms with Gasteiger partial charge in [-0.05, 0) is 50.1 Å². The van der Waals surface area contributed by atoms with Crippen molar-refractivity contribution in [2.75, 3.05) is 14.2 Å². The number of carbonyl (C=O) groups excluding carboxylic acids is 1. The van der Waals surface area contributed by atoms with E-state index in [0.29, 0.717) is 31.2 Å². The minimum atomic E-state index is 0.0717. The first-order chi connectivity index (χ1) is 15.1. The zero-order valence-electron chi connectivity index (χ0n) is 18.1. The highest BCUT2D eigenvalue weighted by Crippen LogP contribution is 2.32. The summed E-state index contributed by atoms with van der Waals surface area (Å²) in [7, 11) is 3.26. The van der Waals surface area contributed by atoms with Crippen molar-refractivity contribution >= 4 is 5.91 Å². The third kappa shape index (κ3) is 5.05. The van der Waals surface area contributed by atoms with E-state index in [1.165, 1.54) is 5.56 Å². The van der Waals surface area contributed by atoms with Crippen molar-refractivity contribution in [3.8, 4) is 23.0 Å². The molecule has 7 nitrogen and oxygen atoms in total. The monoisotopic (exact) mass is 421 g/mol. The van der Waals surface area contributed by atoms with Crippen molar-refractivity contribution < 1.29 is 18.7 Å². The number of methoxy groups -OCH3 is 2. The predicted molar refractivity (Wildman–Crippen MR) is 116 cm³/mol. The molecule has 0 spiro atoms. The van der Waals surface area contributed by atoms with Gasteiger partial charge in [-0.2, -0.15) is 0 Å². The maximum absolute atomic E-state index is 13.0. The molecule has 0 aliphatic heterocycles. The van der Waals surface area contributed by atoms with Crippen LogP contribution >= 0.6 is 0 Å². The highest BCUT2D eigenvalue weighted by atomic mass is 16.5. The van der Waals surface area contributed by atoms with E-state index in [-0.39, 0.29) is 11.9 Å². The van der Waals surface area contributed by atoms with Gasteiger partial charge in [-0.3, -0.25) is 4.79 Å². The third-order valence-electron chi connectivity index (χ3n) is 5.45. The molecule has 0 radical (unpaired) electrons. The van der Waals surface area contributed by atoms with Crippen LogP contribution in [-0.2, 0) is 17.8 Å². The number of hydrogen-bond donors (Lipinski definition) is 0. The molecular formula is C24H27N3O4. The van der Waals surface area contributed by atoms with Crippen LogP contribution in [0.1, 0.15) is 36.3 Å². The van der Waals surface area contributed by atoms with E-state index in [9.17, 15) is 4.79 Å². The van der Waals surface area contributed by atoms with Crippen LogP contribution in [0.5, 0.6) is 11.5 Å². The Balaban J connectivity index is 1.42. The summed E-state index contributed by atoms with van der Waals surface area (Å²) in [6.07, 6.45) is 2.78. The van der Waals surface area contributed by atoms with Gasteiger partial charge in [-0.25, -0.2) is 0 Å². The van der Waals surface area contributed by atoms with Crippen molar-refractivity contribution in [3.63, 3.8) is 0 Å². The average molecular weight is 421 g/mol. The number of ether oxygens (including phenoxy) is 2. The maximum Gasteiger partial charge on any atom is 0.247 e. The van der Waals surface area contributed by atoms with Crippen molar-refractivity contribution in [2.45, 2.75) is 45.2 Å². The van der Waals surface area contributed by atoms with Crippen LogP contribution in [0.2, 0.25) is 0 Å². The Kier molecular flexibility index (Phi) is 6.21. The molecule has 3 aromatic rings. The first-order valence-corrected chi connectivity index (χ1v) is 10.5. The molecule has 7 heteroatoms. The minimum Gasteiger partial charge on any atom is -0.497 e. The molecule has 0 saturated heterocycles. The molecular weight excluding hydrogens is 394 g/mol. The van der Waals surface area contributed by atoms with Gasteiger partial charge in [0.05, 0.1) is 14.2 Å². The summed E-state index contributed by atoms with van der Waals surface area (Å²) in [6, 6.07) is 13.8. The third-order valence-corrected chi connectivity index (χ3v) is 5.45. The molecule has 0 atom stereocenters. The summed E-state index contributed by atoms with van der Waals surface area (Å²) in [5.41, 5.74) is 2.98. The summed E-state index contributed by atoms with van der Waals surface area (Å²) >= 11 is 0. The van der Waals surface area contributed by atoms with E-state index in [1.807, 2.05) is 54.3 Å². The summed E-state index contributed by atoms with van der Waals surface area (Å²) in [5.74, 6) is 2.51. The Hall–Kier alpha value is -3.35. The standard InChI is InChI=1S/C24H27N3O4/c1-16-4-6-17(7-5-16)24-26-25-22(31-24)12-13-23(28)27(19-8-9-19)15-18-14-20(29-2)10-11-21(18)30-3/h4-7,10-11,14,19H,8-9,12-13,15H2,1-3H3. The fourth-order valence-corrected chi connectivity index (χ4v) is 3.52. The molecule has 162 valence electrons. The van der Waals surface area contributed by atoms with Crippen molar-refractivity contribution in [2.24, 2.45) is 0 Å². The van der Waals surface area contributed by atoms with E-state index < -0.39 is 0 Å². The van der Waals surface area contributed by atoms with Gasteiger partial charge in [0.25, 0.3) is 0 Å². The summed E-state index contributed by atoms with van der Waals surface area (Å²) < 4.78 is 16.6. The number of aryl methyl sites for hydroxylation is 2. The van der Waals surface area contributed by atoms with Gasteiger partial charge in [0.15, 0.2) is 0 Å². The second kappa shape index (κ2) is 9.20. The van der Waals surface area contributed by atoms with Crippen LogP contribution in [-0.4, -0.2) is 41.3 Å². The maximum atomic E-state index is 13.0. The molecule has 0 bridgehead atoms. The summed E-state index contributed by atoms with van der Waals surface area (Å²) in [4.78, 5) is 15.0. The number of rotatable bonds is 9. The lowest BCUT2D eigenvalue weighted by molar-refractivity contribution is -0.132. The highest BCUT2D eigenvalue weighted by Gasteiger charge is 2.33. The van der Waals surface area contributed by atoms with E-state index in [0.717, 1.165) is 35.5 Å². The van der Waals surface area contributed by atoms with E-state index in [4.69, 9.17) is 13.9 Å². The minimum absolute atomic E-state index is 0.0717. The topological polar surface area (TPSA) is 77.7 Å². The van der Waals surface area contributed by atoms with E-state index in [1.54, 1.807) is 14.2 Å². The van der Waals surface area contributed by atoms with Gasteiger partial charge in [0.2, 0.25) is 17.7 Å². The molecule has 0 unspecified atom stereocenters. The molecule has 1 amide bonds. The molecule has 4 rings (SSSR count). The molecule has 1 heterocycles. The molecule has 1 aliphatic carbocycles. The zero-order chi connectivity index (χ0) is 21.8. The van der Waals surface area contributed by atoms with Gasteiger partial charge in [0.1, 0.15) is 11.5 Å². The highest BCUT2D eigenvalue weighted by molar-refractivity contribution is 5.77. The second-order valence-corrected chi connectivity index (χ2v) is 7.80. The summed E-state index contributed by atoms with van der Waals surface area (Å²) in [6.45, 7) is 2.52. The first kappa shape index (κ1) is 20.9. The first-order valence-electron chi connectivity index (χ1n) is 10.5. The lowest BCUT2D eigenvalue weighted by Crippen LogP contribution is -2.33. The van der Waals surface area contributed by atoms with E-state index >= 15 is 0 Å². The molecule has 0 N–H and O–H groups in total. The Labute approximate surface area is 182 Å². The number of carbonyl (C=O) groups is 1. The van der Waals surface area contributed by atoms with Crippen LogP contribution < -0.4 is 9.47 Å². The van der Waals surface area contributed by atoms with Crippen molar-refractivity contribution in [3.05, 3.63) is 59.5 Å².